The van der Waals surface area contributed by atoms with Crippen LogP contribution in [0, 0.1) is 12.0 Å². The van der Waals surface area contributed by atoms with Gasteiger partial charge in [0.2, 0.25) is 0 Å². The third kappa shape index (κ3) is 3.49. The quantitative estimate of drug-likeness (QED) is 0.700. The van der Waals surface area contributed by atoms with E-state index >= 15 is 0 Å². The van der Waals surface area contributed by atoms with Crippen molar-refractivity contribution in [3.63, 3.8) is 0 Å². The Morgan fingerprint density at radius 2 is 2.07 bits per heavy atom. The second-order valence-electron chi connectivity index (χ2n) is 4.58. The van der Waals surface area contributed by atoms with Gasteiger partial charge in [-0.1, -0.05) is 32.9 Å². The van der Waals surface area contributed by atoms with E-state index in [0.29, 0.717) is 5.69 Å². The average Bonchev–Trinajstić information content (AvgIpc) is 2.14. The van der Waals surface area contributed by atoms with Crippen LogP contribution in [0.5, 0.6) is 0 Å². The molecular weight excluding hydrogens is 172 g/mol. The molecule has 1 aromatic rings. The summed E-state index contributed by atoms with van der Waals surface area (Å²) in [5, 5.41) is 3.32. The Bertz CT molecular complexity index is 342. The molecule has 1 aromatic carbocycles. The van der Waals surface area contributed by atoms with Crippen molar-refractivity contribution in [2.45, 2.75) is 20.8 Å². The molecule has 14 heavy (non-hydrogen) atoms. The van der Waals surface area contributed by atoms with Gasteiger partial charge >= 0.3 is 0 Å². The number of benzene rings is 1. The standard InChI is InChI=1S/C12H16N2/c1-12(2,3)9-14-11-7-5-6-10(8-11)13-4/h5-8,14H,9H2,1-3H3. The summed E-state index contributed by atoms with van der Waals surface area (Å²) < 4.78 is 0. The fraction of sp³-hybridized carbons (Fsp3) is 0.417. The molecule has 1 rings (SSSR count). The van der Waals surface area contributed by atoms with E-state index in [2.05, 4.69) is 30.9 Å². The molecule has 2 heteroatoms. The lowest BCUT2D eigenvalue weighted by Crippen LogP contribution is -2.18. The molecule has 0 aliphatic rings. The molecule has 0 radical (unpaired) electrons. The third-order valence-electron chi connectivity index (χ3n) is 1.80. The number of nitrogens with zero attached hydrogens (tertiary/aromatic N) is 1. The molecule has 0 aromatic heterocycles. The van der Waals surface area contributed by atoms with Gasteiger partial charge in [-0.25, -0.2) is 4.85 Å². The molecule has 0 fully saturated rings. The van der Waals surface area contributed by atoms with Crippen molar-refractivity contribution in [3.8, 4) is 0 Å². The number of nitrogens with one attached hydrogen (secondary N) is 1. The highest BCUT2D eigenvalue weighted by atomic mass is 14.9. The zero-order valence-electron chi connectivity index (χ0n) is 8.96. The Morgan fingerprint density at radius 3 is 2.64 bits per heavy atom. The number of hydrogen-bond donors (Lipinski definition) is 1. The van der Waals surface area contributed by atoms with Gasteiger partial charge < -0.3 is 5.32 Å². The molecule has 0 saturated carbocycles. The number of rotatable bonds is 2. The Labute approximate surface area is 85.8 Å². The van der Waals surface area contributed by atoms with Crippen LogP contribution in [0.2, 0.25) is 0 Å². The van der Waals surface area contributed by atoms with Crippen LogP contribution in [0.4, 0.5) is 11.4 Å². The molecule has 0 bridgehead atoms. The molecule has 0 unspecified atom stereocenters. The molecule has 0 spiro atoms. The number of hydrogen-bond acceptors (Lipinski definition) is 1. The van der Waals surface area contributed by atoms with Gasteiger partial charge in [0.1, 0.15) is 0 Å². The van der Waals surface area contributed by atoms with E-state index in [9.17, 15) is 0 Å². The molecule has 0 heterocycles. The van der Waals surface area contributed by atoms with Crippen molar-refractivity contribution in [3.05, 3.63) is 35.7 Å². The minimum Gasteiger partial charge on any atom is -0.386 e. The normalized spacial score (nSPS) is 10.7. The summed E-state index contributed by atoms with van der Waals surface area (Å²) >= 11 is 0. The van der Waals surface area contributed by atoms with Crippen molar-refractivity contribution in [2.24, 2.45) is 5.41 Å². The van der Waals surface area contributed by atoms with E-state index in [1.54, 1.807) is 0 Å². The minimum atomic E-state index is 0.258. The SMILES string of the molecule is [C-]#[N+]c1cccc(NCC(C)(C)C)c1. The molecule has 2 nitrogen and oxygen atoms in total. The maximum atomic E-state index is 6.89. The van der Waals surface area contributed by atoms with Crippen LogP contribution < -0.4 is 5.32 Å². The fourth-order valence-electron chi connectivity index (χ4n) is 1.05. The highest BCUT2D eigenvalue weighted by Crippen LogP contribution is 2.20. The summed E-state index contributed by atoms with van der Waals surface area (Å²) in [6.07, 6.45) is 0. The van der Waals surface area contributed by atoms with Crippen LogP contribution in [0.3, 0.4) is 0 Å². The average molecular weight is 188 g/mol. The van der Waals surface area contributed by atoms with Gasteiger partial charge in [-0.05, 0) is 17.5 Å². The zero-order chi connectivity index (χ0) is 10.6. The van der Waals surface area contributed by atoms with E-state index < -0.39 is 0 Å². The van der Waals surface area contributed by atoms with Crippen LogP contribution in [0.15, 0.2) is 24.3 Å². The summed E-state index contributed by atoms with van der Waals surface area (Å²) in [6, 6.07) is 7.58. The van der Waals surface area contributed by atoms with E-state index in [1.807, 2.05) is 24.3 Å². The maximum Gasteiger partial charge on any atom is 0.189 e. The Hall–Kier alpha value is -1.49. The minimum absolute atomic E-state index is 0.258. The van der Waals surface area contributed by atoms with Crippen LogP contribution >= 0.6 is 0 Å². The first kappa shape index (κ1) is 10.6. The van der Waals surface area contributed by atoms with Gasteiger partial charge in [-0.2, -0.15) is 0 Å². The molecule has 0 aliphatic heterocycles. The zero-order valence-corrected chi connectivity index (χ0v) is 8.96. The molecule has 0 aliphatic carbocycles. The van der Waals surface area contributed by atoms with E-state index in [4.69, 9.17) is 6.57 Å². The molecule has 0 saturated heterocycles. The summed E-state index contributed by atoms with van der Waals surface area (Å²) in [5.41, 5.74) is 1.96. The lowest BCUT2D eigenvalue weighted by Gasteiger charge is -2.19. The van der Waals surface area contributed by atoms with Crippen molar-refractivity contribution in [1.82, 2.24) is 0 Å². The van der Waals surface area contributed by atoms with Gasteiger partial charge in [-0.3, -0.25) is 0 Å². The fourth-order valence-corrected chi connectivity index (χ4v) is 1.05. The van der Waals surface area contributed by atoms with Crippen LogP contribution in [0.25, 0.3) is 4.85 Å². The Morgan fingerprint density at radius 1 is 1.36 bits per heavy atom. The van der Waals surface area contributed by atoms with Crippen molar-refractivity contribution >= 4 is 11.4 Å². The summed E-state index contributed by atoms with van der Waals surface area (Å²) in [7, 11) is 0. The highest BCUT2D eigenvalue weighted by molar-refractivity contribution is 5.57. The summed E-state index contributed by atoms with van der Waals surface area (Å²) in [5.74, 6) is 0. The highest BCUT2D eigenvalue weighted by Gasteiger charge is 2.08. The summed E-state index contributed by atoms with van der Waals surface area (Å²) in [4.78, 5) is 3.39. The largest absolute Gasteiger partial charge is 0.386 e. The molecule has 0 amide bonds. The monoisotopic (exact) mass is 188 g/mol. The van der Waals surface area contributed by atoms with Crippen molar-refractivity contribution in [2.75, 3.05) is 11.9 Å². The van der Waals surface area contributed by atoms with Crippen molar-refractivity contribution < 1.29 is 0 Å². The predicted octanol–water partition coefficient (Wildman–Crippen LogP) is 3.70. The smallest absolute Gasteiger partial charge is 0.189 e. The van der Waals surface area contributed by atoms with Gasteiger partial charge in [0, 0.05) is 12.2 Å². The number of anilines is 1. The second-order valence-corrected chi connectivity index (χ2v) is 4.58. The summed E-state index contributed by atoms with van der Waals surface area (Å²) in [6.45, 7) is 14.3. The van der Waals surface area contributed by atoms with Gasteiger partial charge in [0.05, 0.1) is 6.57 Å². The first-order valence-corrected chi connectivity index (χ1v) is 4.73. The molecular formula is C12H16N2. The maximum absolute atomic E-state index is 6.89. The lowest BCUT2D eigenvalue weighted by molar-refractivity contribution is 0.443. The predicted molar refractivity (Wildman–Crippen MR) is 60.6 cm³/mol. The van der Waals surface area contributed by atoms with E-state index in [-0.39, 0.29) is 5.41 Å². The van der Waals surface area contributed by atoms with Gasteiger partial charge in [0.25, 0.3) is 0 Å². The van der Waals surface area contributed by atoms with Crippen LogP contribution in [-0.4, -0.2) is 6.54 Å². The third-order valence-corrected chi connectivity index (χ3v) is 1.80. The topological polar surface area (TPSA) is 16.4 Å². The van der Waals surface area contributed by atoms with Crippen LogP contribution in [0.1, 0.15) is 20.8 Å². The molecule has 1 N–H and O–H groups in total. The van der Waals surface area contributed by atoms with Gasteiger partial charge in [-0.15, -0.1) is 0 Å². The Kier molecular flexibility index (Phi) is 3.14. The lowest BCUT2D eigenvalue weighted by atomic mass is 9.97. The van der Waals surface area contributed by atoms with E-state index in [0.717, 1.165) is 12.2 Å². The first-order valence-electron chi connectivity index (χ1n) is 4.73. The van der Waals surface area contributed by atoms with Crippen LogP contribution in [-0.2, 0) is 0 Å². The van der Waals surface area contributed by atoms with Gasteiger partial charge in [0.15, 0.2) is 5.69 Å². The Balaban J connectivity index is 2.65. The van der Waals surface area contributed by atoms with E-state index in [1.165, 1.54) is 0 Å². The second kappa shape index (κ2) is 4.15. The molecule has 0 atom stereocenters. The van der Waals surface area contributed by atoms with Crippen molar-refractivity contribution in [1.29, 1.82) is 0 Å². The molecule has 74 valence electrons. The first-order chi connectivity index (χ1) is 6.51.